The molecule has 0 atom stereocenters. The maximum Gasteiger partial charge on any atom is 0.358 e. The molecule has 0 aromatic carbocycles. The van der Waals surface area contributed by atoms with E-state index in [1.165, 1.54) is 10.9 Å². The number of aryl methyl sites for hydroxylation is 1. The highest BCUT2D eigenvalue weighted by Crippen LogP contribution is 1.88. The number of aromatic amines is 1. The van der Waals surface area contributed by atoms with Gasteiger partial charge in [-0.15, -0.1) is 10.2 Å². The average Bonchev–Trinajstić information content (AvgIpc) is 2.87. The van der Waals surface area contributed by atoms with Crippen LogP contribution in [0.3, 0.4) is 0 Å². The third-order valence-corrected chi connectivity index (χ3v) is 1.46. The van der Waals surface area contributed by atoms with Crippen molar-refractivity contribution in [2.75, 3.05) is 0 Å². The van der Waals surface area contributed by atoms with E-state index in [0.717, 1.165) is 6.20 Å². The van der Waals surface area contributed by atoms with E-state index in [2.05, 4.69) is 25.7 Å². The van der Waals surface area contributed by atoms with Gasteiger partial charge in [0.25, 0.3) is 0 Å². The van der Waals surface area contributed by atoms with E-state index in [0.29, 0.717) is 0 Å². The van der Waals surface area contributed by atoms with Crippen molar-refractivity contribution < 1.29 is 19.8 Å². The number of nitrogens with one attached hydrogen (secondary N) is 1. The summed E-state index contributed by atoms with van der Waals surface area (Å²) in [7, 11) is 1.61. The molecule has 0 bridgehead atoms. The monoisotopic (exact) mass is 240 g/mol. The molecule has 0 saturated carbocycles. The fourth-order valence-corrected chi connectivity index (χ4v) is 0.750. The van der Waals surface area contributed by atoms with E-state index in [9.17, 15) is 9.59 Å². The molecule has 2 rings (SSSR count). The van der Waals surface area contributed by atoms with Gasteiger partial charge in [0.15, 0.2) is 11.4 Å². The van der Waals surface area contributed by atoms with E-state index >= 15 is 0 Å². The molecule has 0 amide bonds. The third-order valence-electron chi connectivity index (χ3n) is 1.46. The van der Waals surface area contributed by atoms with Crippen LogP contribution in [0.4, 0.5) is 0 Å². The molecule has 17 heavy (non-hydrogen) atoms. The van der Waals surface area contributed by atoms with Crippen molar-refractivity contribution in [1.29, 1.82) is 0 Å². The van der Waals surface area contributed by atoms with Gasteiger partial charge in [-0.25, -0.2) is 9.59 Å². The van der Waals surface area contributed by atoms with Crippen molar-refractivity contribution in [3.05, 3.63) is 23.8 Å². The van der Waals surface area contributed by atoms with Crippen LogP contribution in [0.1, 0.15) is 21.0 Å². The topological polar surface area (TPSA) is 147 Å². The fraction of sp³-hybridized carbons (Fsp3) is 0.143. The first kappa shape index (κ1) is 12.3. The molecule has 10 nitrogen and oxygen atoms in total. The number of carboxylic acid groups (broad SMARTS) is 2. The number of aromatic nitrogens is 6. The summed E-state index contributed by atoms with van der Waals surface area (Å²) in [6.45, 7) is 0. The molecule has 2 aromatic heterocycles. The van der Waals surface area contributed by atoms with Crippen LogP contribution in [0.2, 0.25) is 0 Å². The van der Waals surface area contributed by atoms with Crippen molar-refractivity contribution in [2.45, 2.75) is 0 Å². The van der Waals surface area contributed by atoms with Gasteiger partial charge in [0.05, 0.1) is 12.4 Å². The summed E-state index contributed by atoms with van der Waals surface area (Å²) in [5.74, 6) is -2.12. The average molecular weight is 240 g/mol. The molecule has 0 radical (unpaired) electrons. The van der Waals surface area contributed by atoms with Gasteiger partial charge in [-0.2, -0.15) is 10.3 Å². The third kappa shape index (κ3) is 3.70. The lowest BCUT2D eigenvalue weighted by Gasteiger charge is -1.78. The van der Waals surface area contributed by atoms with Crippen molar-refractivity contribution in [3.8, 4) is 0 Å². The summed E-state index contributed by atoms with van der Waals surface area (Å²) >= 11 is 0. The second kappa shape index (κ2) is 5.34. The number of H-pyrrole nitrogens is 1. The zero-order chi connectivity index (χ0) is 12.8. The minimum Gasteiger partial charge on any atom is -0.476 e. The Kier molecular flexibility index (Phi) is 3.86. The van der Waals surface area contributed by atoms with Gasteiger partial charge in [0.1, 0.15) is 0 Å². The lowest BCUT2D eigenvalue weighted by atomic mass is 10.5. The van der Waals surface area contributed by atoms with Crippen LogP contribution in [-0.2, 0) is 7.05 Å². The zero-order valence-electron chi connectivity index (χ0n) is 8.60. The normalized spacial score (nSPS) is 9.24. The number of carboxylic acids is 2. The number of hydrogen-bond donors (Lipinski definition) is 3. The smallest absolute Gasteiger partial charge is 0.358 e. The summed E-state index contributed by atoms with van der Waals surface area (Å²) in [5, 5.41) is 31.9. The molecule has 10 heteroatoms. The Morgan fingerprint density at radius 2 is 1.94 bits per heavy atom. The Morgan fingerprint density at radius 3 is 2.18 bits per heavy atom. The van der Waals surface area contributed by atoms with Crippen LogP contribution in [0.25, 0.3) is 0 Å². The van der Waals surface area contributed by atoms with Crippen LogP contribution in [0, 0.1) is 0 Å². The van der Waals surface area contributed by atoms with Gasteiger partial charge >= 0.3 is 11.9 Å². The SMILES string of the molecule is Cn1cc(C(=O)O)nn1.O=C(O)c1cn[nH]n1. The molecule has 0 unspecified atom stereocenters. The molecule has 0 saturated heterocycles. The molecule has 0 aliphatic carbocycles. The van der Waals surface area contributed by atoms with Gasteiger partial charge in [-0.1, -0.05) is 5.21 Å². The Bertz CT molecular complexity index is 504. The van der Waals surface area contributed by atoms with Crippen LogP contribution >= 0.6 is 0 Å². The molecular formula is C7H8N6O4. The Labute approximate surface area is 93.9 Å². The number of nitrogens with zero attached hydrogens (tertiary/aromatic N) is 5. The van der Waals surface area contributed by atoms with Gasteiger partial charge in [-0.05, 0) is 0 Å². The van der Waals surface area contributed by atoms with Crippen molar-refractivity contribution >= 4 is 11.9 Å². The van der Waals surface area contributed by atoms with E-state index in [-0.39, 0.29) is 11.4 Å². The van der Waals surface area contributed by atoms with Crippen LogP contribution in [0.15, 0.2) is 12.4 Å². The largest absolute Gasteiger partial charge is 0.476 e. The second-order valence-electron chi connectivity index (χ2n) is 2.74. The van der Waals surface area contributed by atoms with E-state index in [1.54, 1.807) is 7.05 Å². The number of hydrogen-bond acceptors (Lipinski definition) is 6. The predicted octanol–water partition coefficient (Wildman–Crippen LogP) is -0.984. The lowest BCUT2D eigenvalue weighted by molar-refractivity contribution is 0.0679. The lowest BCUT2D eigenvalue weighted by Crippen LogP contribution is -1.95. The molecule has 2 heterocycles. The molecule has 0 fully saturated rings. The van der Waals surface area contributed by atoms with Gasteiger partial charge in [0, 0.05) is 7.05 Å². The summed E-state index contributed by atoms with van der Waals surface area (Å²) in [6, 6.07) is 0. The van der Waals surface area contributed by atoms with Crippen LogP contribution < -0.4 is 0 Å². The van der Waals surface area contributed by atoms with E-state index in [4.69, 9.17) is 10.2 Å². The van der Waals surface area contributed by atoms with Crippen molar-refractivity contribution in [3.63, 3.8) is 0 Å². The Balaban J connectivity index is 0.000000171. The van der Waals surface area contributed by atoms with E-state index < -0.39 is 11.9 Å². The summed E-state index contributed by atoms with van der Waals surface area (Å²) in [4.78, 5) is 20.0. The maximum absolute atomic E-state index is 10.1. The number of rotatable bonds is 2. The standard InChI is InChI=1S/C4H5N3O2.C3H3N3O2/c1-7-2-3(4(8)9)5-6-7;7-3(8)2-1-4-6-5-2/h2H,1H3,(H,8,9);1H,(H,7,8)(H,4,5,6). The summed E-state index contributed by atoms with van der Waals surface area (Å²) in [5.41, 5.74) is -0.0949. The van der Waals surface area contributed by atoms with Crippen LogP contribution in [0.5, 0.6) is 0 Å². The molecule has 0 aliphatic rings. The highest BCUT2D eigenvalue weighted by molar-refractivity contribution is 5.84. The fourth-order valence-electron chi connectivity index (χ4n) is 0.750. The Morgan fingerprint density at radius 1 is 1.29 bits per heavy atom. The molecular weight excluding hydrogens is 232 g/mol. The second-order valence-corrected chi connectivity index (χ2v) is 2.74. The highest BCUT2D eigenvalue weighted by atomic mass is 16.4. The number of aromatic carboxylic acids is 2. The number of carbonyl (C=O) groups is 2. The molecule has 0 aliphatic heterocycles. The first-order valence-corrected chi connectivity index (χ1v) is 4.19. The van der Waals surface area contributed by atoms with Gasteiger partial charge in [0.2, 0.25) is 0 Å². The predicted molar refractivity (Wildman–Crippen MR) is 51.3 cm³/mol. The van der Waals surface area contributed by atoms with Crippen molar-refractivity contribution in [2.24, 2.45) is 7.05 Å². The van der Waals surface area contributed by atoms with E-state index in [1.807, 2.05) is 0 Å². The summed E-state index contributed by atoms with van der Waals surface area (Å²) in [6.07, 6.45) is 2.48. The quantitative estimate of drug-likeness (QED) is 0.606. The molecule has 90 valence electrons. The first-order chi connectivity index (χ1) is 8.00. The molecule has 3 N–H and O–H groups in total. The van der Waals surface area contributed by atoms with Crippen LogP contribution in [-0.4, -0.2) is 52.6 Å². The summed E-state index contributed by atoms with van der Waals surface area (Å²) < 4.78 is 1.34. The minimum absolute atomic E-state index is 0.0301. The zero-order valence-corrected chi connectivity index (χ0v) is 8.60. The van der Waals surface area contributed by atoms with Crippen molar-refractivity contribution in [1.82, 2.24) is 30.4 Å². The molecule has 2 aromatic rings. The van der Waals surface area contributed by atoms with Gasteiger partial charge in [-0.3, -0.25) is 4.68 Å². The highest BCUT2D eigenvalue weighted by Gasteiger charge is 2.04. The maximum atomic E-state index is 10.1. The van der Waals surface area contributed by atoms with Gasteiger partial charge < -0.3 is 10.2 Å². The minimum atomic E-state index is -1.07. The Hall–Kier alpha value is -2.78. The first-order valence-electron chi connectivity index (χ1n) is 4.19. The molecule has 0 spiro atoms.